The molecule has 4 heteroatoms. The molecule has 1 aliphatic carbocycles. The molecule has 0 atom stereocenters. The number of pyridine rings is 1. The van der Waals surface area contributed by atoms with E-state index in [1.807, 2.05) is 6.07 Å². The highest BCUT2D eigenvalue weighted by molar-refractivity contribution is 6.10. The smallest absolute Gasteiger partial charge is 0.177 e. The zero-order valence-corrected chi connectivity index (χ0v) is 12.6. The number of allylic oxidation sites excluding steroid dienone is 1. The van der Waals surface area contributed by atoms with Crippen molar-refractivity contribution in [3.8, 4) is 12.3 Å². The van der Waals surface area contributed by atoms with Gasteiger partial charge in [0.1, 0.15) is 0 Å². The Bertz CT molecular complexity index is 649. The molecule has 4 nitrogen and oxygen atoms in total. The number of Topliss-reactive ketones (excluding diaryl/α,β-unsaturated/α-hetero) is 1. The van der Waals surface area contributed by atoms with Gasteiger partial charge in [0.25, 0.3) is 0 Å². The molecule has 0 radical (unpaired) electrons. The zero-order chi connectivity index (χ0) is 15.5. The van der Waals surface area contributed by atoms with Gasteiger partial charge in [0.15, 0.2) is 5.78 Å². The van der Waals surface area contributed by atoms with Crippen molar-refractivity contribution in [1.29, 1.82) is 0 Å². The maximum atomic E-state index is 12.3. The third-order valence-corrected chi connectivity index (χ3v) is 4.64. The molecule has 0 aromatic carbocycles. The number of ketones is 1. The molecule has 1 saturated heterocycles. The van der Waals surface area contributed by atoms with Crippen LogP contribution < -0.4 is 0 Å². The van der Waals surface area contributed by atoms with Crippen molar-refractivity contribution in [2.24, 2.45) is 5.92 Å². The highest BCUT2D eigenvalue weighted by atomic mass is 16.3. The molecule has 22 heavy (non-hydrogen) atoms. The Hall–Kier alpha value is -2.12. The van der Waals surface area contributed by atoms with Crippen LogP contribution in [0.25, 0.3) is 5.70 Å². The minimum absolute atomic E-state index is 0.00971. The number of carbonyl (C=O) groups is 1. The maximum absolute atomic E-state index is 12.3. The first-order valence-corrected chi connectivity index (χ1v) is 7.77. The second-order valence-corrected chi connectivity index (χ2v) is 5.94. The zero-order valence-electron chi connectivity index (χ0n) is 12.6. The Morgan fingerprint density at radius 2 is 2.18 bits per heavy atom. The van der Waals surface area contributed by atoms with Crippen LogP contribution in [0.4, 0.5) is 0 Å². The fraction of sp³-hybridized carbons (Fsp3) is 0.444. The average Bonchev–Trinajstić information content (AvgIpc) is 2.55. The van der Waals surface area contributed by atoms with Crippen molar-refractivity contribution < 1.29 is 9.90 Å². The summed E-state index contributed by atoms with van der Waals surface area (Å²) in [6, 6.07) is 1.95. The fourth-order valence-electron chi connectivity index (χ4n) is 3.43. The summed E-state index contributed by atoms with van der Waals surface area (Å²) in [4.78, 5) is 18.7. The highest BCUT2D eigenvalue weighted by Crippen LogP contribution is 2.34. The minimum atomic E-state index is 0.00971. The topological polar surface area (TPSA) is 53.4 Å². The van der Waals surface area contributed by atoms with Gasteiger partial charge in [0.05, 0.1) is 11.3 Å². The first-order valence-electron chi connectivity index (χ1n) is 7.77. The third-order valence-electron chi connectivity index (χ3n) is 4.64. The first-order chi connectivity index (χ1) is 10.7. The second kappa shape index (κ2) is 6.33. The van der Waals surface area contributed by atoms with Crippen LogP contribution in [0.5, 0.6) is 0 Å². The van der Waals surface area contributed by atoms with Crippen LogP contribution in [0.15, 0.2) is 24.0 Å². The minimum Gasteiger partial charge on any atom is -0.396 e. The molecule has 0 bridgehead atoms. The molecule has 1 N–H and O–H groups in total. The van der Waals surface area contributed by atoms with Crippen LogP contribution in [0.2, 0.25) is 0 Å². The van der Waals surface area contributed by atoms with E-state index in [1.54, 1.807) is 12.4 Å². The average molecular weight is 296 g/mol. The van der Waals surface area contributed by atoms with Gasteiger partial charge >= 0.3 is 0 Å². The van der Waals surface area contributed by atoms with Crippen LogP contribution in [0.3, 0.4) is 0 Å². The number of carbonyl (C=O) groups excluding carboxylic acids is 1. The van der Waals surface area contributed by atoms with Gasteiger partial charge in [0, 0.05) is 44.1 Å². The van der Waals surface area contributed by atoms with Crippen LogP contribution in [-0.2, 0) is 11.2 Å². The van der Waals surface area contributed by atoms with Gasteiger partial charge in [-0.1, -0.05) is 5.92 Å². The van der Waals surface area contributed by atoms with Gasteiger partial charge in [-0.2, -0.15) is 0 Å². The molecule has 1 aromatic heterocycles. The number of aliphatic hydroxyl groups is 1. The molecule has 2 heterocycles. The molecule has 0 amide bonds. The van der Waals surface area contributed by atoms with E-state index < -0.39 is 0 Å². The highest BCUT2D eigenvalue weighted by Gasteiger charge is 2.30. The summed E-state index contributed by atoms with van der Waals surface area (Å²) in [6.07, 6.45) is 12.4. The lowest BCUT2D eigenvalue weighted by molar-refractivity contribution is -0.114. The van der Waals surface area contributed by atoms with Gasteiger partial charge in [-0.25, -0.2) is 0 Å². The van der Waals surface area contributed by atoms with Crippen molar-refractivity contribution in [2.75, 3.05) is 19.7 Å². The molecular weight excluding hydrogens is 276 g/mol. The molecule has 1 aromatic rings. The normalized spacial score (nSPS) is 19.1. The summed E-state index contributed by atoms with van der Waals surface area (Å²) in [5, 5.41) is 9.08. The number of likely N-dealkylation sites (tertiary alicyclic amines) is 1. The Kier molecular flexibility index (Phi) is 4.26. The van der Waals surface area contributed by atoms with Gasteiger partial charge < -0.3 is 10.0 Å². The number of hydrogen-bond acceptors (Lipinski definition) is 4. The lowest BCUT2D eigenvalue weighted by atomic mass is 9.87. The number of piperidine rings is 1. The van der Waals surface area contributed by atoms with Crippen LogP contribution in [0, 0.1) is 18.3 Å². The SMILES string of the molecule is C#CC1=C(N2CCC(CCO)CC2)c2ccncc2CC1=O. The van der Waals surface area contributed by atoms with Crippen molar-refractivity contribution in [3.05, 3.63) is 35.2 Å². The van der Waals surface area contributed by atoms with Crippen molar-refractivity contribution in [1.82, 2.24) is 9.88 Å². The van der Waals surface area contributed by atoms with E-state index in [0.717, 1.165) is 49.2 Å². The number of nitrogens with zero attached hydrogens (tertiary/aromatic N) is 2. The Balaban J connectivity index is 1.93. The van der Waals surface area contributed by atoms with Crippen molar-refractivity contribution >= 4 is 11.5 Å². The van der Waals surface area contributed by atoms with Crippen molar-refractivity contribution in [2.45, 2.75) is 25.7 Å². The summed E-state index contributed by atoms with van der Waals surface area (Å²) in [7, 11) is 0. The number of fused-ring (bicyclic) bond motifs is 1. The van der Waals surface area contributed by atoms with E-state index >= 15 is 0 Å². The molecule has 114 valence electrons. The predicted molar refractivity (Wildman–Crippen MR) is 84.7 cm³/mol. The summed E-state index contributed by atoms with van der Waals surface area (Å²) in [5.41, 5.74) is 3.40. The summed E-state index contributed by atoms with van der Waals surface area (Å²) in [6.45, 7) is 2.00. The number of hydrogen-bond donors (Lipinski definition) is 1. The first kappa shape index (κ1) is 14.8. The van der Waals surface area contributed by atoms with Gasteiger partial charge in [-0.3, -0.25) is 9.78 Å². The molecule has 0 spiro atoms. The van der Waals surface area contributed by atoms with Crippen LogP contribution in [-0.4, -0.2) is 40.5 Å². The lowest BCUT2D eigenvalue weighted by Gasteiger charge is -2.37. The monoisotopic (exact) mass is 296 g/mol. The third kappa shape index (κ3) is 2.65. The molecule has 1 aliphatic heterocycles. The quantitative estimate of drug-likeness (QED) is 0.862. The fourth-order valence-corrected chi connectivity index (χ4v) is 3.43. The lowest BCUT2D eigenvalue weighted by Crippen LogP contribution is -2.35. The molecule has 2 aliphatic rings. The number of rotatable bonds is 3. The van der Waals surface area contributed by atoms with E-state index in [0.29, 0.717) is 17.9 Å². The predicted octanol–water partition coefficient (Wildman–Crippen LogP) is 1.65. The second-order valence-electron chi connectivity index (χ2n) is 5.94. The summed E-state index contributed by atoms with van der Waals surface area (Å²) in [5.74, 6) is 3.18. The van der Waals surface area contributed by atoms with E-state index in [4.69, 9.17) is 11.5 Å². The molecule has 1 fully saturated rings. The standard InChI is InChI=1S/C18H20N2O2/c1-2-15-17(22)11-14-12-19-7-3-16(14)18(15)20-8-4-13(5-9-20)6-10-21/h1,3,7,12-13,21H,4-6,8-11H2. The van der Waals surface area contributed by atoms with Gasteiger partial charge in [-0.05, 0) is 36.8 Å². The number of aliphatic hydroxyl groups excluding tert-OH is 1. The van der Waals surface area contributed by atoms with Crippen LogP contribution >= 0.6 is 0 Å². The summed E-state index contributed by atoms with van der Waals surface area (Å²) >= 11 is 0. The van der Waals surface area contributed by atoms with E-state index in [2.05, 4.69) is 15.8 Å². The molecular formula is C18H20N2O2. The van der Waals surface area contributed by atoms with Gasteiger partial charge in [-0.15, -0.1) is 6.42 Å². The maximum Gasteiger partial charge on any atom is 0.177 e. The van der Waals surface area contributed by atoms with E-state index in [-0.39, 0.29) is 12.4 Å². The molecule has 0 unspecified atom stereocenters. The van der Waals surface area contributed by atoms with Crippen molar-refractivity contribution in [3.63, 3.8) is 0 Å². The Morgan fingerprint density at radius 1 is 1.41 bits per heavy atom. The number of aromatic nitrogens is 1. The van der Waals surface area contributed by atoms with Gasteiger partial charge in [0.2, 0.25) is 0 Å². The largest absolute Gasteiger partial charge is 0.396 e. The summed E-state index contributed by atoms with van der Waals surface area (Å²) < 4.78 is 0. The Labute approximate surface area is 130 Å². The van der Waals surface area contributed by atoms with E-state index in [1.165, 1.54) is 0 Å². The number of terminal acetylenes is 1. The Morgan fingerprint density at radius 3 is 2.86 bits per heavy atom. The van der Waals surface area contributed by atoms with E-state index in [9.17, 15) is 4.79 Å². The molecule has 3 rings (SSSR count). The van der Waals surface area contributed by atoms with Crippen LogP contribution in [0.1, 0.15) is 30.4 Å². The molecule has 0 saturated carbocycles.